The highest BCUT2D eigenvalue weighted by molar-refractivity contribution is 9.10. The number of aliphatic hydroxyl groups is 1. The van der Waals surface area contributed by atoms with Crippen LogP contribution in [0.1, 0.15) is 18.1 Å². The van der Waals surface area contributed by atoms with E-state index in [1.54, 1.807) is 18.2 Å². The van der Waals surface area contributed by atoms with Crippen molar-refractivity contribution in [1.82, 2.24) is 0 Å². The molecule has 1 aliphatic heterocycles. The number of benzene rings is 1. The van der Waals surface area contributed by atoms with Crippen LogP contribution in [0.25, 0.3) is 0 Å². The largest absolute Gasteiger partial charge is 0.387 e. The summed E-state index contributed by atoms with van der Waals surface area (Å²) in [6.07, 6.45) is -0.409. The Balaban J connectivity index is 2.39. The van der Waals surface area contributed by atoms with Crippen molar-refractivity contribution < 1.29 is 9.84 Å². The van der Waals surface area contributed by atoms with Gasteiger partial charge in [0.15, 0.2) is 0 Å². The molecule has 90 valence electrons. The van der Waals surface area contributed by atoms with Gasteiger partial charge in [-0.15, -0.1) is 0 Å². The molecule has 0 aliphatic carbocycles. The van der Waals surface area contributed by atoms with Gasteiger partial charge in [0, 0.05) is 21.7 Å². The molecule has 2 rings (SSSR count). The highest BCUT2D eigenvalue weighted by atomic mass is 79.9. The van der Waals surface area contributed by atoms with E-state index in [-0.39, 0.29) is 6.61 Å². The Kier molecular flexibility index (Phi) is 3.74. The van der Waals surface area contributed by atoms with Gasteiger partial charge in [-0.05, 0) is 24.6 Å². The molecule has 0 spiro atoms. The fraction of sp³-hybridized carbons (Fsp3) is 0.417. The standard InChI is InChI=1S/C12H11BrClNO2/c13-8-1-2-10(14)9(5-8)11(16)12(6-15)3-4-17-7-12/h1-2,5,11,16H,3-4,7H2. The molecule has 1 fully saturated rings. The number of nitriles is 1. The van der Waals surface area contributed by atoms with Crippen molar-refractivity contribution in [2.24, 2.45) is 5.41 Å². The normalized spacial score (nSPS) is 25.5. The first-order chi connectivity index (χ1) is 8.09. The lowest BCUT2D eigenvalue weighted by Crippen LogP contribution is -2.28. The fourth-order valence-corrected chi connectivity index (χ4v) is 2.57. The fourth-order valence-electron chi connectivity index (χ4n) is 1.97. The highest BCUT2D eigenvalue weighted by Gasteiger charge is 2.43. The molecule has 17 heavy (non-hydrogen) atoms. The lowest BCUT2D eigenvalue weighted by atomic mass is 9.79. The zero-order valence-electron chi connectivity index (χ0n) is 8.99. The summed E-state index contributed by atoms with van der Waals surface area (Å²) in [6, 6.07) is 7.41. The molecule has 1 heterocycles. The van der Waals surface area contributed by atoms with Crippen LogP contribution in [0.3, 0.4) is 0 Å². The summed E-state index contributed by atoms with van der Waals surface area (Å²) < 4.78 is 6.05. The van der Waals surface area contributed by atoms with E-state index >= 15 is 0 Å². The van der Waals surface area contributed by atoms with E-state index in [9.17, 15) is 10.4 Å². The molecule has 2 unspecified atom stereocenters. The summed E-state index contributed by atoms with van der Waals surface area (Å²) in [5.41, 5.74) is -0.321. The maximum Gasteiger partial charge on any atom is 0.113 e. The second-order valence-corrected chi connectivity index (χ2v) is 5.46. The lowest BCUT2D eigenvalue weighted by molar-refractivity contribution is 0.0504. The van der Waals surface area contributed by atoms with E-state index in [2.05, 4.69) is 22.0 Å². The molecule has 0 amide bonds. The van der Waals surface area contributed by atoms with Gasteiger partial charge >= 0.3 is 0 Å². The smallest absolute Gasteiger partial charge is 0.113 e. The summed E-state index contributed by atoms with van der Waals surface area (Å²) in [4.78, 5) is 0. The maximum absolute atomic E-state index is 10.4. The first kappa shape index (κ1) is 12.8. The topological polar surface area (TPSA) is 53.2 Å². The summed E-state index contributed by atoms with van der Waals surface area (Å²) >= 11 is 9.39. The van der Waals surface area contributed by atoms with Crippen molar-refractivity contribution in [3.05, 3.63) is 33.3 Å². The Hall–Kier alpha value is -0.600. The van der Waals surface area contributed by atoms with Gasteiger partial charge in [0.2, 0.25) is 0 Å². The second-order valence-electron chi connectivity index (χ2n) is 4.14. The number of rotatable bonds is 2. The van der Waals surface area contributed by atoms with E-state index < -0.39 is 11.5 Å². The third kappa shape index (κ3) is 2.34. The van der Waals surface area contributed by atoms with Crippen LogP contribution in [0.4, 0.5) is 0 Å². The van der Waals surface area contributed by atoms with Crippen LogP contribution in [-0.2, 0) is 4.74 Å². The summed E-state index contributed by atoms with van der Waals surface area (Å²) in [6.45, 7) is 0.740. The van der Waals surface area contributed by atoms with Crippen molar-refractivity contribution in [2.45, 2.75) is 12.5 Å². The van der Waals surface area contributed by atoms with Crippen molar-refractivity contribution in [2.75, 3.05) is 13.2 Å². The van der Waals surface area contributed by atoms with Crippen LogP contribution in [0.15, 0.2) is 22.7 Å². The molecule has 2 atom stereocenters. The zero-order valence-corrected chi connectivity index (χ0v) is 11.3. The lowest BCUT2D eigenvalue weighted by Gasteiger charge is -2.26. The molecule has 0 bridgehead atoms. The molecular formula is C12H11BrClNO2. The van der Waals surface area contributed by atoms with Crippen molar-refractivity contribution in [3.8, 4) is 6.07 Å². The molecule has 1 saturated heterocycles. The number of ether oxygens (including phenoxy) is 1. The summed E-state index contributed by atoms with van der Waals surface area (Å²) in [5, 5.41) is 20.1. The molecule has 1 N–H and O–H groups in total. The quantitative estimate of drug-likeness (QED) is 0.912. The molecule has 1 aliphatic rings. The van der Waals surface area contributed by atoms with Crippen LogP contribution in [0.5, 0.6) is 0 Å². The minimum atomic E-state index is -0.931. The van der Waals surface area contributed by atoms with E-state index in [0.717, 1.165) is 4.47 Å². The van der Waals surface area contributed by atoms with Gasteiger partial charge in [0.05, 0.1) is 12.7 Å². The summed E-state index contributed by atoms with van der Waals surface area (Å²) in [7, 11) is 0. The highest BCUT2D eigenvalue weighted by Crippen LogP contribution is 2.43. The Morgan fingerprint density at radius 2 is 2.35 bits per heavy atom. The molecule has 1 aromatic carbocycles. The third-order valence-corrected chi connectivity index (χ3v) is 3.89. The molecule has 0 radical (unpaired) electrons. The van der Waals surface area contributed by atoms with Gasteiger partial charge < -0.3 is 9.84 Å². The van der Waals surface area contributed by atoms with Gasteiger partial charge in [-0.25, -0.2) is 0 Å². The molecule has 5 heteroatoms. The maximum atomic E-state index is 10.4. The first-order valence-electron chi connectivity index (χ1n) is 5.21. The Morgan fingerprint density at radius 1 is 1.59 bits per heavy atom. The Morgan fingerprint density at radius 3 is 2.94 bits per heavy atom. The van der Waals surface area contributed by atoms with Gasteiger partial charge in [0.25, 0.3) is 0 Å². The summed E-state index contributed by atoms with van der Waals surface area (Å²) in [5.74, 6) is 0. The number of aliphatic hydroxyl groups excluding tert-OH is 1. The SMILES string of the molecule is N#CC1(C(O)c2cc(Br)ccc2Cl)CCOC1. The van der Waals surface area contributed by atoms with Gasteiger partial charge in [0.1, 0.15) is 11.5 Å². The van der Waals surface area contributed by atoms with Crippen LogP contribution >= 0.6 is 27.5 Å². The van der Waals surface area contributed by atoms with Crippen LogP contribution < -0.4 is 0 Å². The van der Waals surface area contributed by atoms with Crippen LogP contribution in [-0.4, -0.2) is 18.3 Å². The van der Waals surface area contributed by atoms with Gasteiger partial charge in [-0.1, -0.05) is 27.5 Å². The van der Waals surface area contributed by atoms with E-state index in [1.165, 1.54) is 0 Å². The minimum Gasteiger partial charge on any atom is -0.387 e. The number of halogens is 2. The van der Waals surface area contributed by atoms with E-state index in [1.807, 2.05) is 0 Å². The number of nitrogens with zero attached hydrogens (tertiary/aromatic N) is 1. The average molecular weight is 317 g/mol. The molecular weight excluding hydrogens is 305 g/mol. The van der Waals surface area contributed by atoms with Crippen LogP contribution in [0, 0.1) is 16.7 Å². The predicted octanol–water partition coefficient (Wildman–Crippen LogP) is 3.07. The van der Waals surface area contributed by atoms with Crippen molar-refractivity contribution in [1.29, 1.82) is 5.26 Å². The first-order valence-corrected chi connectivity index (χ1v) is 6.38. The minimum absolute atomic E-state index is 0.244. The predicted molar refractivity (Wildman–Crippen MR) is 67.6 cm³/mol. The van der Waals surface area contributed by atoms with E-state index in [0.29, 0.717) is 23.6 Å². The van der Waals surface area contributed by atoms with Crippen molar-refractivity contribution >= 4 is 27.5 Å². The third-order valence-electron chi connectivity index (χ3n) is 3.05. The zero-order chi connectivity index (χ0) is 12.5. The molecule has 1 aromatic rings. The average Bonchev–Trinajstić information content (AvgIpc) is 2.81. The number of hydrogen-bond acceptors (Lipinski definition) is 3. The molecule has 0 aromatic heterocycles. The Labute approximate surface area is 113 Å². The molecule has 0 saturated carbocycles. The number of hydrogen-bond donors (Lipinski definition) is 1. The molecule has 3 nitrogen and oxygen atoms in total. The van der Waals surface area contributed by atoms with Crippen molar-refractivity contribution in [3.63, 3.8) is 0 Å². The van der Waals surface area contributed by atoms with E-state index in [4.69, 9.17) is 16.3 Å². The van der Waals surface area contributed by atoms with Gasteiger partial charge in [-0.3, -0.25) is 0 Å². The van der Waals surface area contributed by atoms with Gasteiger partial charge in [-0.2, -0.15) is 5.26 Å². The Bertz CT molecular complexity index is 466. The van der Waals surface area contributed by atoms with Crippen LogP contribution in [0.2, 0.25) is 5.02 Å². The monoisotopic (exact) mass is 315 g/mol. The second kappa shape index (κ2) is 4.95.